The monoisotopic (exact) mass is 689 g/mol. The van der Waals surface area contributed by atoms with Gasteiger partial charge >= 0.3 is 0 Å². The molecule has 0 atom stereocenters. The minimum absolute atomic E-state index is 1.13. The van der Waals surface area contributed by atoms with Crippen molar-refractivity contribution < 1.29 is 0 Å². The Labute approximate surface area is 311 Å². The number of fused-ring (bicyclic) bond motifs is 7. The number of rotatable bonds is 4. The van der Waals surface area contributed by atoms with Crippen molar-refractivity contribution in [3.63, 3.8) is 0 Å². The molecular weight excluding hydrogens is 659 g/mol. The summed E-state index contributed by atoms with van der Waals surface area (Å²) in [5, 5.41) is 12.7. The van der Waals surface area contributed by atoms with Gasteiger partial charge in [0, 0.05) is 38.1 Å². The Bertz CT molecular complexity index is 3100. The van der Waals surface area contributed by atoms with Gasteiger partial charge < -0.3 is 0 Å². The van der Waals surface area contributed by atoms with Crippen molar-refractivity contribution in [1.82, 2.24) is 4.98 Å². The molecule has 0 bridgehead atoms. The van der Waals surface area contributed by atoms with Crippen molar-refractivity contribution >= 4 is 74.6 Å². The predicted molar refractivity (Wildman–Crippen MR) is 229 cm³/mol. The molecule has 2 heteroatoms. The van der Waals surface area contributed by atoms with E-state index in [-0.39, 0.29) is 0 Å². The van der Waals surface area contributed by atoms with Crippen LogP contribution in [-0.4, -0.2) is 4.98 Å². The molecule has 0 saturated carbocycles. The molecule has 0 amide bonds. The lowest BCUT2D eigenvalue weighted by molar-refractivity contribution is 1.33. The summed E-state index contributed by atoms with van der Waals surface area (Å²) < 4.78 is 2.60. The molecule has 11 rings (SSSR count). The minimum Gasteiger partial charge on any atom is -0.264 e. The fourth-order valence-electron chi connectivity index (χ4n) is 8.79. The molecule has 2 heterocycles. The Kier molecular flexibility index (Phi) is 6.80. The third kappa shape index (κ3) is 4.59. The minimum atomic E-state index is 1.13. The summed E-state index contributed by atoms with van der Waals surface area (Å²) in [5.74, 6) is 0. The number of aromatic nitrogens is 1. The second kappa shape index (κ2) is 12.0. The maximum atomic E-state index is 4.52. The number of thiophene rings is 1. The molecule has 0 fully saturated rings. The van der Waals surface area contributed by atoms with E-state index in [1.165, 1.54) is 102 Å². The van der Waals surface area contributed by atoms with E-state index in [9.17, 15) is 0 Å². The van der Waals surface area contributed by atoms with Crippen LogP contribution in [0.1, 0.15) is 0 Å². The number of hydrogen-bond donors (Lipinski definition) is 0. The second-order valence-electron chi connectivity index (χ2n) is 13.8. The van der Waals surface area contributed by atoms with Crippen LogP contribution in [0, 0.1) is 0 Å². The lowest BCUT2D eigenvalue weighted by Crippen LogP contribution is -1.92. The van der Waals surface area contributed by atoms with E-state index in [2.05, 4.69) is 175 Å². The van der Waals surface area contributed by atoms with E-state index in [4.69, 9.17) is 0 Å². The topological polar surface area (TPSA) is 12.9 Å². The highest BCUT2D eigenvalue weighted by Gasteiger charge is 2.21. The van der Waals surface area contributed by atoms with Gasteiger partial charge in [-0.2, -0.15) is 0 Å². The first-order valence-electron chi connectivity index (χ1n) is 18.1. The zero-order valence-corrected chi connectivity index (χ0v) is 29.6. The van der Waals surface area contributed by atoms with Crippen LogP contribution < -0.4 is 0 Å². The Morgan fingerprint density at radius 1 is 0.321 bits per heavy atom. The Hall–Kier alpha value is -6.61. The van der Waals surface area contributed by atoms with Gasteiger partial charge in [-0.1, -0.05) is 152 Å². The number of nitrogens with zero attached hydrogens (tertiary/aromatic N) is 1. The van der Waals surface area contributed by atoms with E-state index in [0.29, 0.717) is 0 Å². The molecule has 0 N–H and O–H groups in total. The van der Waals surface area contributed by atoms with Crippen molar-refractivity contribution in [2.24, 2.45) is 0 Å². The molecule has 0 saturated heterocycles. The summed E-state index contributed by atoms with van der Waals surface area (Å²) in [5.41, 5.74) is 9.96. The highest BCUT2D eigenvalue weighted by Crippen LogP contribution is 2.49. The van der Waals surface area contributed by atoms with E-state index in [1.54, 1.807) is 0 Å². The molecule has 0 unspecified atom stereocenters. The van der Waals surface area contributed by atoms with Crippen LogP contribution in [0.3, 0.4) is 0 Å². The molecule has 1 nitrogen and oxygen atoms in total. The molecule has 9 aromatic carbocycles. The van der Waals surface area contributed by atoms with Crippen LogP contribution in [-0.2, 0) is 0 Å². The summed E-state index contributed by atoms with van der Waals surface area (Å²) in [6.07, 6.45) is 3.84. The van der Waals surface area contributed by atoms with Gasteiger partial charge in [0.05, 0.1) is 0 Å². The first kappa shape index (κ1) is 30.1. The molecule has 2 aromatic heterocycles. The molecule has 0 radical (unpaired) electrons. The van der Waals surface area contributed by atoms with Gasteiger partial charge in [-0.05, 0) is 106 Å². The van der Waals surface area contributed by atoms with Crippen molar-refractivity contribution in [2.45, 2.75) is 0 Å². The zero-order valence-electron chi connectivity index (χ0n) is 28.8. The van der Waals surface area contributed by atoms with Crippen LogP contribution >= 0.6 is 11.3 Å². The van der Waals surface area contributed by atoms with E-state index in [1.807, 2.05) is 29.8 Å². The van der Waals surface area contributed by atoms with Crippen molar-refractivity contribution in [1.29, 1.82) is 0 Å². The fraction of sp³-hybridized carbons (Fsp3) is 0. The normalized spacial score (nSPS) is 11.8. The number of pyridine rings is 1. The quantitative estimate of drug-likeness (QED) is 0.168. The maximum absolute atomic E-state index is 4.52. The average molecular weight is 690 g/mol. The standard InChI is InChI=1S/C51H31NS/c1-2-14-32(15-3-1)47-35-17-4-6-19-37(35)48(38-20-7-5-18-36(38)47)33-27-28-45-44(30-33)51-43(25-12-26-46(51)53-45)50-41-23-10-8-21-39(41)49(34-16-13-29-52-31-34)40-22-9-11-24-42(40)50/h1-31H. The Morgan fingerprint density at radius 3 is 1.36 bits per heavy atom. The first-order chi connectivity index (χ1) is 26.3. The smallest absolute Gasteiger partial charge is 0.0361 e. The largest absolute Gasteiger partial charge is 0.264 e. The van der Waals surface area contributed by atoms with Gasteiger partial charge in [-0.15, -0.1) is 11.3 Å². The summed E-state index contributed by atoms with van der Waals surface area (Å²) in [6, 6.07) is 64.7. The van der Waals surface area contributed by atoms with Crippen LogP contribution in [0.25, 0.3) is 108 Å². The molecule has 0 spiro atoms. The SMILES string of the molecule is c1ccc(-c2c3ccccc3c(-c3ccc4sc5cccc(-c6c7ccccc7c(-c7cccnc7)c7ccccc67)c5c4c3)c3ccccc23)cc1. The van der Waals surface area contributed by atoms with E-state index < -0.39 is 0 Å². The van der Waals surface area contributed by atoms with Gasteiger partial charge in [0.2, 0.25) is 0 Å². The van der Waals surface area contributed by atoms with Crippen LogP contribution in [0.15, 0.2) is 188 Å². The highest BCUT2D eigenvalue weighted by molar-refractivity contribution is 7.26. The molecule has 0 aliphatic carbocycles. The lowest BCUT2D eigenvalue weighted by Gasteiger charge is -2.18. The van der Waals surface area contributed by atoms with Gasteiger partial charge in [0.25, 0.3) is 0 Å². The molecule has 246 valence electrons. The first-order valence-corrected chi connectivity index (χ1v) is 18.9. The summed E-state index contributed by atoms with van der Waals surface area (Å²) >= 11 is 1.88. The molecule has 53 heavy (non-hydrogen) atoms. The third-order valence-electron chi connectivity index (χ3n) is 10.9. The van der Waals surface area contributed by atoms with Crippen molar-refractivity contribution in [2.75, 3.05) is 0 Å². The van der Waals surface area contributed by atoms with Crippen molar-refractivity contribution in [3.8, 4) is 44.5 Å². The van der Waals surface area contributed by atoms with Crippen molar-refractivity contribution in [3.05, 3.63) is 188 Å². The summed E-state index contributed by atoms with van der Waals surface area (Å²) in [6.45, 7) is 0. The van der Waals surface area contributed by atoms with Gasteiger partial charge in [-0.25, -0.2) is 0 Å². The maximum Gasteiger partial charge on any atom is 0.0361 e. The average Bonchev–Trinajstić information content (AvgIpc) is 3.61. The Balaban J connectivity index is 1.23. The highest BCUT2D eigenvalue weighted by atomic mass is 32.1. The molecule has 0 aliphatic heterocycles. The summed E-state index contributed by atoms with van der Waals surface area (Å²) in [4.78, 5) is 4.52. The van der Waals surface area contributed by atoms with Crippen LogP contribution in [0.4, 0.5) is 0 Å². The van der Waals surface area contributed by atoms with E-state index >= 15 is 0 Å². The second-order valence-corrected chi connectivity index (χ2v) is 14.9. The predicted octanol–water partition coefficient (Wildman–Crippen LogP) is 14.7. The van der Waals surface area contributed by atoms with Gasteiger partial charge in [-0.3, -0.25) is 4.98 Å². The van der Waals surface area contributed by atoms with Gasteiger partial charge in [0.1, 0.15) is 0 Å². The number of hydrogen-bond acceptors (Lipinski definition) is 2. The number of benzene rings is 9. The fourth-order valence-corrected chi connectivity index (χ4v) is 9.90. The van der Waals surface area contributed by atoms with Crippen LogP contribution in [0.5, 0.6) is 0 Å². The van der Waals surface area contributed by atoms with Crippen LogP contribution in [0.2, 0.25) is 0 Å². The third-order valence-corrected chi connectivity index (χ3v) is 12.1. The zero-order chi connectivity index (χ0) is 34.9. The molecular formula is C51H31NS. The molecule has 0 aliphatic rings. The van der Waals surface area contributed by atoms with E-state index in [0.717, 1.165) is 5.56 Å². The summed E-state index contributed by atoms with van der Waals surface area (Å²) in [7, 11) is 0. The van der Waals surface area contributed by atoms with Gasteiger partial charge in [0.15, 0.2) is 0 Å². The lowest BCUT2D eigenvalue weighted by atomic mass is 9.84. The molecule has 11 aromatic rings. The Morgan fingerprint density at radius 2 is 0.811 bits per heavy atom.